The van der Waals surface area contributed by atoms with Crippen LogP contribution in [0.15, 0.2) is 12.2 Å². The Kier molecular flexibility index (Phi) is 31.7. The van der Waals surface area contributed by atoms with Gasteiger partial charge in [-0.1, -0.05) is 161 Å². The first-order chi connectivity index (χ1) is 21.0. The lowest BCUT2D eigenvalue weighted by Crippen LogP contribution is -2.53. The standard InChI is InChI=1S/C37H73NO5/c1-3-5-7-9-11-13-15-16-17-18-19-21-22-24-26-28-30-34(40)36(42)33(32-39)38-37(43)35(41)31-29-27-25-23-20-14-12-10-8-6-4-2/h22,24,33-36,39-42H,3-21,23,25-32H2,1-2H3,(H,38,43)/b24-22+. The van der Waals surface area contributed by atoms with Gasteiger partial charge in [0.15, 0.2) is 0 Å². The van der Waals surface area contributed by atoms with Crippen LogP contribution in [0.25, 0.3) is 0 Å². The maximum Gasteiger partial charge on any atom is 0.249 e. The van der Waals surface area contributed by atoms with Crippen LogP contribution in [0.2, 0.25) is 0 Å². The Morgan fingerprint density at radius 2 is 0.953 bits per heavy atom. The van der Waals surface area contributed by atoms with Gasteiger partial charge in [0.05, 0.1) is 18.8 Å². The molecule has 0 aromatic heterocycles. The number of hydrogen-bond acceptors (Lipinski definition) is 5. The molecule has 0 aliphatic rings. The van der Waals surface area contributed by atoms with Crippen LogP contribution >= 0.6 is 0 Å². The highest BCUT2D eigenvalue weighted by Crippen LogP contribution is 2.15. The molecule has 256 valence electrons. The van der Waals surface area contributed by atoms with E-state index in [0.717, 1.165) is 38.5 Å². The molecule has 0 rings (SSSR count). The number of carbonyl (C=O) groups is 1. The molecule has 0 saturated carbocycles. The fourth-order valence-electron chi connectivity index (χ4n) is 5.70. The summed E-state index contributed by atoms with van der Waals surface area (Å²) in [7, 11) is 0. The van der Waals surface area contributed by atoms with Crippen molar-refractivity contribution in [2.75, 3.05) is 6.61 Å². The van der Waals surface area contributed by atoms with Crippen molar-refractivity contribution in [3.8, 4) is 0 Å². The zero-order chi connectivity index (χ0) is 31.8. The summed E-state index contributed by atoms with van der Waals surface area (Å²) in [6.45, 7) is 4.01. The average molecular weight is 612 g/mol. The molecule has 0 spiro atoms. The molecule has 6 nitrogen and oxygen atoms in total. The average Bonchev–Trinajstić information content (AvgIpc) is 3.01. The summed E-state index contributed by atoms with van der Waals surface area (Å²) in [5.74, 6) is -0.595. The third-order valence-electron chi connectivity index (χ3n) is 8.73. The lowest BCUT2D eigenvalue weighted by Gasteiger charge is -2.27. The van der Waals surface area contributed by atoms with Gasteiger partial charge in [-0.05, 0) is 38.5 Å². The zero-order valence-corrected chi connectivity index (χ0v) is 28.5. The van der Waals surface area contributed by atoms with Crippen LogP contribution in [-0.4, -0.2) is 57.3 Å². The predicted molar refractivity (Wildman–Crippen MR) is 182 cm³/mol. The number of rotatable bonds is 33. The van der Waals surface area contributed by atoms with Crippen LogP contribution in [0.5, 0.6) is 0 Å². The predicted octanol–water partition coefficient (Wildman–Crippen LogP) is 8.67. The first-order valence-corrected chi connectivity index (χ1v) is 18.6. The Morgan fingerprint density at radius 1 is 0.558 bits per heavy atom. The minimum absolute atomic E-state index is 0.366. The highest BCUT2D eigenvalue weighted by Gasteiger charge is 2.28. The van der Waals surface area contributed by atoms with Gasteiger partial charge in [0, 0.05) is 0 Å². The molecule has 1 amide bonds. The molecule has 0 aromatic rings. The Balaban J connectivity index is 3.85. The maximum absolute atomic E-state index is 12.4. The van der Waals surface area contributed by atoms with Crippen molar-refractivity contribution in [2.45, 2.75) is 212 Å². The highest BCUT2D eigenvalue weighted by molar-refractivity contribution is 5.80. The van der Waals surface area contributed by atoms with E-state index in [0.29, 0.717) is 12.8 Å². The van der Waals surface area contributed by atoms with Crippen LogP contribution in [0.4, 0.5) is 0 Å². The third-order valence-corrected chi connectivity index (χ3v) is 8.73. The van der Waals surface area contributed by atoms with Crippen LogP contribution < -0.4 is 5.32 Å². The van der Waals surface area contributed by atoms with E-state index in [1.807, 2.05) is 0 Å². The molecule has 0 heterocycles. The van der Waals surface area contributed by atoms with E-state index >= 15 is 0 Å². The SMILES string of the molecule is CCCCCCCCCCCCC/C=C/CCCC(O)C(O)C(CO)NC(=O)C(O)CCCCCCCCCCCCC. The summed E-state index contributed by atoms with van der Waals surface area (Å²) >= 11 is 0. The van der Waals surface area contributed by atoms with Gasteiger partial charge in [0.2, 0.25) is 5.91 Å². The first-order valence-electron chi connectivity index (χ1n) is 18.6. The number of amides is 1. The Hall–Kier alpha value is -0.950. The fourth-order valence-corrected chi connectivity index (χ4v) is 5.70. The van der Waals surface area contributed by atoms with Gasteiger partial charge in [-0.15, -0.1) is 0 Å². The van der Waals surface area contributed by atoms with E-state index in [2.05, 4.69) is 31.3 Å². The van der Waals surface area contributed by atoms with Crippen molar-refractivity contribution in [1.82, 2.24) is 5.32 Å². The summed E-state index contributed by atoms with van der Waals surface area (Å²) in [5, 5.41) is 43.3. The molecular weight excluding hydrogens is 538 g/mol. The van der Waals surface area contributed by atoms with Crippen LogP contribution in [0.1, 0.15) is 187 Å². The molecule has 0 aliphatic heterocycles. The maximum atomic E-state index is 12.4. The summed E-state index contributed by atoms with van der Waals surface area (Å²) in [5.41, 5.74) is 0. The van der Waals surface area contributed by atoms with E-state index < -0.39 is 36.9 Å². The molecule has 0 fully saturated rings. The molecule has 4 atom stereocenters. The highest BCUT2D eigenvalue weighted by atomic mass is 16.3. The minimum Gasteiger partial charge on any atom is -0.394 e. The zero-order valence-electron chi connectivity index (χ0n) is 28.5. The van der Waals surface area contributed by atoms with Crippen molar-refractivity contribution < 1.29 is 25.2 Å². The number of carbonyl (C=O) groups excluding carboxylic acids is 1. The Morgan fingerprint density at radius 3 is 1.40 bits per heavy atom. The monoisotopic (exact) mass is 612 g/mol. The molecule has 0 bridgehead atoms. The van der Waals surface area contributed by atoms with Crippen molar-refractivity contribution in [3.05, 3.63) is 12.2 Å². The Bertz CT molecular complexity index is 614. The number of hydrogen-bond donors (Lipinski definition) is 5. The van der Waals surface area contributed by atoms with E-state index in [1.165, 1.54) is 122 Å². The third kappa shape index (κ3) is 27.1. The van der Waals surface area contributed by atoms with Crippen LogP contribution in [0, 0.1) is 0 Å². The fraction of sp³-hybridized carbons (Fsp3) is 0.919. The molecule has 0 aromatic carbocycles. The van der Waals surface area contributed by atoms with Crippen molar-refractivity contribution in [2.24, 2.45) is 0 Å². The van der Waals surface area contributed by atoms with Gasteiger partial charge in [-0.3, -0.25) is 4.79 Å². The van der Waals surface area contributed by atoms with E-state index in [1.54, 1.807) is 0 Å². The smallest absolute Gasteiger partial charge is 0.249 e. The molecule has 0 saturated heterocycles. The molecule has 0 radical (unpaired) electrons. The summed E-state index contributed by atoms with van der Waals surface area (Å²) in [6, 6.07) is -0.994. The first kappa shape index (κ1) is 42.0. The van der Waals surface area contributed by atoms with Gasteiger partial charge >= 0.3 is 0 Å². The van der Waals surface area contributed by atoms with E-state index in [-0.39, 0.29) is 0 Å². The van der Waals surface area contributed by atoms with Gasteiger partial charge in [-0.25, -0.2) is 0 Å². The molecule has 0 aliphatic carbocycles. The van der Waals surface area contributed by atoms with Crippen molar-refractivity contribution >= 4 is 5.91 Å². The number of nitrogens with one attached hydrogen (secondary N) is 1. The number of aliphatic hydroxyl groups is 4. The number of allylic oxidation sites excluding steroid dienone is 2. The molecule has 6 heteroatoms. The molecule has 43 heavy (non-hydrogen) atoms. The van der Waals surface area contributed by atoms with E-state index in [4.69, 9.17) is 0 Å². The summed E-state index contributed by atoms with van der Waals surface area (Å²) in [6.07, 6.45) is 32.3. The second kappa shape index (κ2) is 32.4. The van der Waals surface area contributed by atoms with Gasteiger partial charge in [-0.2, -0.15) is 0 Å². The number of aliphatic hydroxyl groups excluding tert-OH is 4. The summed E-state index contributed by atoms with van der Waals surface area (Å²) in [4.78, 5) is 12.4. The van der Waals surface area contributed by atoms with Crippen molar-refractivity contribution in [3.63, 3.8) is 0 Å². The van der Waals surface area contributed by atoms with Crippen LogP contribution in [-0.2, 0) is 4.79 Å². The van der Waals surface area contributed by atoms with Crippen LogP contribution in [0.3, 0.4) is 0 Å². The molecular formula is C37H73NO5. The quantitative estimate of drug-likeness (QED) is 0.0377. The second-order valence-corrected chi connectivity index (χ2v) is 12.9. The lowest BCUT2D eigenvalue weighted by atomic mass is 10.00. The van der Waals surface area contributed by atoms with Gasteiger partial charge < -0.3 is 25.7 Å². The van der Waals surface area contributed by atoms with Gasteiger partial charge in [0.25, 0.3) is 0 Å². The lowest BCUT2D eigenvalue weighted by molar-refractivity contribution is -0.132. The largest absolute Gasteiger partial charge is 0.394 e. The van der Waals surface area contributed by atoms with Crippen molar-refractivity contribution in [1.29, 1.82) is 0 Å². The van der Waals surface area contributed by atoms with Gasteiger partial charge in [0.1, 0.15) is 12.2 Å². The normalized spacial score (nSPS) is 14.7. The topological polar surface area (TPSA) is 110 Å². The molecule has 5 N–H and O–H groups in total. The Labute approximate surface area is 266 Å². The summed E-state index contributed by atoms with van der Waals surface area (Å²) < 4.78 is 0. The minimum atomic E-state index is -1.27. The van der Waals surface area contributed by atoms with E-state index in [9.17, 15) is 25.2 Å². The second-order valence-electron chi connectivity index (χ2n) is 12.9. The number of unbranched alkanes of at least 4 members (excludes halogenated alkanes) is 22. The molecule has 4 unspecified atom stereocenters.